The van der Waals surface area contributed by atoms with Gasteiger partial charge in [0.2, 0.25) is 0 Å². The first-order chi connectivity index (χ1) is 9.38. The minimum atomic E-state index is 0.395. The van der Waals surface area contributed by atoms with E-state index in [2.05, 4.69) is 51.2 Å². The Balaban J connectivity index is 1.88. The number of hydrogen-bond donors (Lipinski definition) is 1. The van der Waals surface area contributed by atoms with Crippen LogP contribution in [0.15, 0.2) is 18.2 Å². The van der Waals surface area contributed by atoms with Crippen molar-refractivity contribution in [3.8, 4) is 5.75 Å². The Kier molecular flexibility index (Phi) is 3.04. The second kappa shape index (κ2) is 4.41. The molecule has 0 aliphatic heterocycles. The van der Waals surface area contributed by atoms with Crippen molar-refractivity contribution < 1.29 is 4.74 Å². The van der Waals surface area contributed by atoms with Crippen LogP contribution in [0.25, 0.3) is 0 Å². The third-order valence-electron chi connectivity index (χ3n) is 6.48. The van der Waals surface area contributed by atoms with Gasteiger partial charge in [-0.25, -0.2) is 0 Å². The van der Waals surface area contributed by atoms with Crippen molar-refractivity contribution in [1.82, 2.24) is 0 Å². The standard InChI is InChI=1S/C18H27NO/c1-12-6-7-15(20-5)14(10-12)19-16-11-13-8-9-18(16,4)17(13,2)3/h6-7,10,13,16,19H,8-9,11H2,1-5H3. The molecule has 1 aromatic rings. The largest absolute Gasteiger partial charge is 0.495 e. The Morgan fingerprint density at radius 1 is 1.25 bits per heavy atom. The van der Waals surface area contributed by atoms with Crippen molar-refractivity contribution >= 4 is 5.69 Å². The monoisotopic (exact) mass is 273 g/mol. The number of rotatable bonds is 3. The van der Waals surface area contributed by atoms with Crippen molar-refractivity contribution in [2.75, 3.05) is 12.4 Å². The van der Waals surface area contributed by atoms with Crippen LogP contribution in [0.1, 0.15) is 45.6 Å². The van der Waals surface area contributed by atoms with Gasteiger partial charge in [-0.3, -0.25) is 0 Å². The highest BCUT2D eigenvalue weighted by atomic mass is 16.5. The fraction of sp³-hybridized carbons (Fsp3) is 0.667. The van der Waals surface area contributed by atoms with Crippen LogP contribution >= 0.6 is 0 Å². The predicted octanol–water partition coefficient (Wildman–Crippen LogP) is 4.63. The van der Waals surface area contributed by atoms with E-state index in [9.17, 15) is 0 Å². The lowest BCUT2D eigenvalue weighted by molar-refractivity contribution is 0.142. The zero-order valence-electron chi connectivity index (χ0n) is 13.4. The maximum atomic E-state index is 5.51. The molecule has 3 unspecified atom stereocenters. The molecule has 3 atom stereocenters. The Labute approximate surface area is 122 Å². The van der Waals surface area contributed by atoms with Crippen LogP contribution in [0.5, 0.6) is 5.75 Å². The van der Waals surface area contributed by atoms with Gasteiger partial charge in [-0.1, -0.05) is 26.8 Å². The van der Waals surface area contributed by atoms with E-state index in [0.717, 1.165) is 17.4 Å². The van der Waals surface area contributed by atoms with Crippen LogP contribution in [0.3, 0.4) is 0 Å². The summed E-state index contributed by atoms with van der Waals surface area (Å²) >= 11 is 0. The molecule has 3 rings (SSSR count). The van der Waals surface area contributed by atoms with E-state index in [0.29, 0.717) is 16.9 Å². The Bertz CT molecular complexity index is 522. The number of methoxy groups -OCH3 is 1. The molecule has 1 aromatic carbocycles. The molecule has 0 aromatic heterocycles. The van der Waals surface area contributed by atoms with Gasteiger partial charge < -0.3 is 10.1 Å². The molecule has 1 N–H and O–H groups in total. The average molecular weight is 273 g/mol. The molecule has 2 saturated carbocycles. The number of aryl methyl sites for hydroxylation is 1. The van der Waals surface area contributed by atoms with Crippen LogP contribution in [-0.4, -0.2) is 13.2 Å². The van der Waals surface area contributed by atoms with Crippen LogP contribution < -0.4 is 10.1 Å². The van der Waals surface area contributed by atoms with Crippen molar-refractivity contribution in [2.45, 2.75) is 53.0 Å². The zero-order valence-corrected chi connectivity index (χ0v) is 13.4. The van der Waals surface area contributed by atoms with Gasteiger partial charge in [0, 0.05) is 6.04 Å². The molecule has 0 spiro atoms. The molecule has 0 amide bonds. The maximum Gasteiger partial charge on any atom is 0.141 e. The van der Waals surface area contributed by atoms with E-state index in [4.69, 9.17) is 4.74 Å². The Morgan fingerprint density at radius 2 is 2.00 bits per heavy atom. The number of hydrogen-bond acceptors (Lipinski definition) is 2. The number of nitrogens with one attached hydrogen (secondary N) is 1. The molecule has 0 heterocycles. The van der Waals surface area contributed by atoms with E-state index in [1.807, 2.05) is 0 Å². The molecule has 2 nitrogen and oxygen atoms in total. The van der Waals surface area contributed by atoms with Crippen molar-refractivity contribution in [1.29, 1.82) is 0 Å². The van der Waals surface area contributed by atoms with Crippen LogP contribution in [0, 0.1) is 23.7 Å². The van der Waals surface area contributed by atoms with Gasteiger partial charge in [0.25, 0.3) is 0 Å². The molecular weight excluding hydrogens is 246 g/mol. The highest BCUT2D eigenvalue weighted by Gasteiger charge is 2.61. The third kappa shape index (κ3) is 1.77. The number of anilines is 1. The Morgan fingerprint density at radius 3 is 2.55 bits per heavy atom. The lowest BCUT2D eigenvalue weighted by Gasteiger charge is -2.40. The SMILES string of the molecule is COc1ccc(C)cc1NC1CC2CCC1(C)C2(C)C. The topological polar surface area (TPSA) is 21.3 Å². The molecule has 2 aliphatic carbocycles. The highest BCUT2D eigenvalue weighted by Crippen LogP contribution is 2.66. The zero-order chi connectivity index (χ0) is 14.5. The average Bonchev–Trinajstić information content (AvgIpc) is 2.72. The summed E-state index contributed by atoms with van der Waals surface area (Å²) in [6.07, 6.45) is 4.03. The minimum absolute atomic E-state index is 0.395. The van der Waals surface area contributed by atoms with E-state index in [1.54, 1.807) is 7.11 Å². The molecule has 20 heavy (non-hydrogen) atoms. The summed E-state index contributed by atoms with van der Waals surface area (Å²) in [6, 6.07) is 6.95. The normalized spacial score (nSPS) is 34.2. The summed E-state index contributed by atoms with van der Waals surface area (Å²) in [5.41, 5.74) is 3.27. The van der Waals surface area contributed by atoms with Crippen LogP contribution in [0.4, 0.5) is 5.69 Å². The summed E-state index contributed by atoms with van der Waals surface area (Å²) in [5.74, 6) is 1.82. The summed E-state index contributed by atoms with van der Waals surface area (Å²) in [6.45, 7) is 9.52. The van der Waals surface area contributed by atoms with Gasteiger partial charge in [-0.05, 0) is 60.6 Å². The number of benzene rings is 1. The van der Waals surface area contributed by atoms with Gasteiger partial charge in [0.1, 0.15) is 5.75 Å². The molecule has 2 heteroatoms. The molecular formula is C18H27NO. The van der Waals surface area contributed by atoms with Crippen molar-refractivity contribution in [2.24, 2.45) is 16.7 Å². The maximum absolute atomic E-state index is 5.51. The lowest BCUT2D eigenvalue weighted by Crippen LogP contribution is -2.40. The van der Waals surface area contributed by atoms with Gasteiger partial charge in [-0.15, -0.1) is 0 Å². The molecule has 0 saturated heterocycles. The quantitative estimate of drug-likeness (QED) is 0.867. The van der Waals surface area contributed by atoms with Gasteiger partial charge in [0.15, 0.2) is 0 Å². The number of ether oxygens (including phenoxy) is 1. The molecule has 2 aliphatic rings. The van der Waals surface area contributed by atoms with E-state index in [-0.39, 0.29) is 0 Å². The fourth-order valence-electron chi connectivity index (χ4n) is 4.54. The first kappa shape index (κ1) is 13.8. The van der Waals surface area contributed by atoms with Crippen molar-refractivity contribution in [3.63, 3.8) is 0 Å². The van der Waals surface area contributed by atoms with E-state index >= 15 is 0 Å². The second-order valence-corrected chi connectivity index (χ2v) is 7.51. The van der Waals surface area contributed by atoms with E-state index < -0.39 is 0 Å². The smallest absolute Gasteiger partial charge is 0.141 e. The first-order valence-corrected chi connectivity index (χ1v) is 7.79. The summed E-state index contributed by atoms with van der Waals surface area (Å²) < 4.78 is 5.51. The molecule has 0 radical (unpaired) electrons. The lowest BCUT2D eigenvalue weighted by atomic mass is 9.69. The second-order valence-electron chi connectivity index (χ2n) is 7.51. The van der Waals surface area contributed by atoms with Gasteiger partial charge in [0.05, 0.1) is 12.8 Å². The van der Waals surface area contributed by atoms with Crippen molar-refractivity contribution in [3.05, 3.63) is 23.8 Å². The summed E-state index contributed by atoms with van der Waals surface area (Å²) in [4.78, 5) is 0. The summed E-state index contributed by atoms with van der Waals surface area (Å²) in [5, 5.41) is 3.80. The first-order valence-electron chi connectivity index (χ1n) is 7.79. The summed E-state index contributed by atoms with van der Waals surface area (Å²) in [7, 11) is 1.75. The Hall–Kier alpha value is -1.18. The minimum Gasteiger partial charge on any atom is -0.495 e. The van der Waals surface area contributed by atoms with Gasteiger partial charge in [-0.2, -0.15) is 0 Å². The molecule has 2 bridgehead atoms. The molecule has 2 fully saturated rings. The molecule has 110 valence electrons. The van der Waals surface area contributed by atoms with Crippen LogP contribution in [0.2, 0.25) is 0 Å². The fourth-order valence-corrected chi connectivity index (χ4v) is 4.54. The van der Waals surface area contributed by atoms with E-state index in [1.165, 1.54) is 24.8 Å². The predicted molar refractivity (Wildman–Crippen MR) is 84.4 cm³/mol. The van der Waals surface area contributed by atoms with Crippen LogP contribution in [-0.2, 0) is 0 Å². The van der Waals surface area contributed by atoms with Gasteiger partial charge >= 0.3 is 0 Å². The third-order valence-corrected chi connectivity index (χ3v) is 6.48. The highest BCUT2D eigenvalue weighted by molar-refractivity contribution is 5.59. The number of fused-ring (bicyclic) bond motifs is 2.